The summed E-state index contributed by atoms with van der Waals surface area (Å²) in [6.07, 6.45) is 1.62. The van der Waals surface area contributed by atoms with Crippen molar-refractivity contribution in [2.45, 2.75) is 20.8 Å². The van der Waals surface area contributed by atoms with E-state index in [-0.39, 0.29) is 11.3 Å². The third-order valence-electron chi connectivity index (χ3n) is 1.93. The number of rotatable bonds is 4. The van der Waals surface area contributed by atoms with Gasteiger partial charge >= 0.3 is 0 Å². The van der Waals surface area contributed by atoms with Crippen molar-refractivity contribution >= 4 is 33.2 Å². The minimum Gasteiger partial charge on any atom is -0.351 e. The molecule has 1 heterocycles. The highest BCUT2D eigenvalue weighted by Crippen LogP contribution is 2.17. The van der Waals surface area contributed by atoms with Crippen molar-refractivity contribution in [3.8, 4) is 0 Å². The molecule has 0 atom stereocenters. The van der Waals surface area contributed by atoms with Crippen molar-refractivity contribution < 1.29 is 4.79 Å². The molecule has 0 saturated carbocycles. The van der Waals surface area contributed by atoms with E-state index in [9.17, 15) is 4.79 Å². The van der Waals surface area contributed by atoms with Gasteiger partial charge in [0.1, 0.15) is 4.88 Å². The van der Waals surface area contributed by atoms with E-state index < -0.39 is 0 Å². The van der Waals surface area contributed by atoms with Gasteiger partial charge in [-0.25, -0.2) is 4.98 Å². The first-order valence-electron chi connectivity index (χ1n) is 4.71. The van der Waals surface area contributed by atoms with Gasteiger partial charge in [0.2, 0.25) is 0 Å². The Bertz CT molecular complexity index is 349. The molecule has 15 heavy (non-hydrogen) atoms. The maximum atomic E-state index is 11.7. The molecule has 1 aromatic heterocycles. The first-order valence-corrected chi connectivity index (χ1v) is 6.65. The molecule has 84 valence electrons. The topological polar surface area (TPSA) is 42.0 Å². The van der Waals surface area contributed by atoms with Gasteiger partial charge in [0.25, 0.3) is 5.91 Å². The van der Waals surface area contributed by atoms with Crippen LogP contribution in [0.3, 0.4) is 0 Å². The van der Waals surface area contributed by atoms with E-state index in [0.717, 1.165) is 10.3 Å². The minimum absolute atomic E-state index is 0.0328. The summed E-state index contributed by atoms with van der Waals surface area (Å²) in [5.41, 5.74) is 0.0788. The Morgan fingerprint density at radius 3 is 2.80 bits per heavy atom. The van der Waals surface area contributed by atoms with Crippen LogP contribution in [0.15, 0.2) is 6.20 Å². The van der Waals surface area contributed by atoms with Crippen LogP contribution >= 0.6 is 27.3 Å². The number of halogens is 1. The van der Waals surface area contributed by atoms with Gasteiger partial charge < -0.3 is 5.32 Å². The number of nitrogens with zero attached hydrogens (tertiary/aromatic N) is 1. The lowest BCUT2D eigenvalue weighted by Gasteiger charge is -2.21. The Morgan fingerprint density at radius 2 is 2.33 bits per heavy atom. The minimum atomic E-state index is -0.0328. The fraction of sp³-hybridized carbons (Fsp3) is 0.600. The summed E-state index contributed by atoms with van der Waals surface area (Å²) in [5, 5.41) is 4.68. The van der Waals surface area contributed by atoms with Crippen LogP contribution in [-0.2, 0) is 0 Å². The lowest BCUT2D eigenvalue weighted by atomic mass is 9.97. The number of aromatic nitrogens is 1. The van der Waals surface area contributed by atoms with Crippen LogP contribution in [0.5, 0.6) is 0 Å². The van der Waals surface area contributed by atoms with Gasteiger partial charge in [0.05, 0.1) is 11.2 Å². The molecule has 0 spiro atoms. The SMILES string of the molecule is Cc1ncc(C(=O)NCC(C)(C)CBr)s1. The fourth-order valence-electron chi connectivity index (χ4n) is 0.920. The molecule has 0 aliphatic heterocycles. The Kier molecular flexibility index (Phi) is 4.28. The molecule has 5 heteroatoms. The standard InChI is InChI=1S/C10H15BrN2OS/c1-7-12-4-8(15-7)9(14)13-6-10(2,3)5-11/h4H,5-6H2,1-3H3,(H,13,14). The Balaban J connectivity index is 2.50. The summed E-state index contributed by atoms with van der Waals surface area (Å²) >= 11 is 4.84. The predicted octanol–water partition coefficient (Wildman–Crippen LogP) is 2.60. The summed E-state index contributed by atoms with van der Waals surface area (Å²) in [6, 6.07) is 0. The highest BCUT2D eigenvalue weighted by atomic mass is 79.9. The molecule has 0 aliphatic carbocycles. The molecular formula is C10H15BrN2OS. The normalized spacial score (nSPS) is 11.5. The van der Waals surface area contributed by atoms with Gasteiger partial charge in [-0.3, -0.25) is 4.79 Å². The van der Waals surface area contributed by atoms with Crippen LogP contribution in [0.4, 0.5) is 0 Å². The number of carbonyl (C=O) groups excluding carboxylic acids is 1. The third-order valence-corrected chi connectivity index (χ3v) is 4.36. The van der Waals surface area contributed by atoms with Gasteiger partial charge in [0.15, 0.2) is 0 Å². The van der Waals surface area contributed by atoms with Crippen molar-refractivity contribution in [2.24, 2.45) is 5.41 Å². The van der Waals surface area contributed by atoms with Crippen molar-refractivity contribution in [1.29, 1.82) is 0 Å². The van der Waals surface area contributed by atoms with Crippen molar-refractivity contribution in [3.05, 3.63) is 16.1 Å². The number of thiazole rings is 1. The molecule has 0 saturated heterocycles. The van der Waals surface area contributed by atoms with E-state index in [2.05, 4.69) is 40.1 Å². The number of aryl methyl sites for hydroxylation is 1. The molecule has 0 aromatic carbocycles. The zero-order valence-corrected chi connectivity index (χ0v) is 11.5. The van der Waals surface area contributed by atoms with Gasteiger partial charge in [-0.15, -0.1) is 11.3 Å². The van der Waals surface area contributed by atoms with E-state index in [4.69, 9.17) is 0 Å². The van der Waals surface area contributed by atoms with Crippen LogP contribution in [0.1, 0.15) is 28.5 Å². The summed E-state index contributed by atoms with van der Waals surface area (Å²) in [6.45, 7) is 6.75. The molecule has 1 N–H and O–H groups in total. The van der Waals surface area contributed by atoms with Crippen molar-refractivity contribution in [2.75, 3.05) is 11.9 Å². The molecule has 0 unspecified atom stereocenters. The first kappa shape index (κ1) is 12.6. The maximum absolute atomic E-state index is 11.7. The van der Waals surface area contributed by atoms with E-state index in [1.165, 1.54) is 11.3 Å². The number of nitrogens with one attached hydrogen (secondary N) is 1. The molecule has 0 aliphatic rings. The summed E-state index contributed by atoms with van der Waals surface area (Å²) in [5.74, 6) is -0.0328. The lowest BCUT2D eigenvalue weighted by molar-refractivity contribution is 0.0944. The van der Waals surface area contributed by atoms with Gasteiger partial charge in [-0.05, 0) is 12.3 Å². The average Bonchev–Trinajstić information content (AvgIpc) is 2.61. The van der Waals surface area contributed by atoms with Crippen molar-refractivity contribution in [1.82, 2.24) is 10.3 Å². The Labute approximate surface area is 102 Å². The number of alkyl halides is 1. The molecule has 3 nitrogen and oxygen atoms in total. The second kappa shape index (κ2) is 5.07. The smallest absolute Gasteiger partial charge is 0.263 e. The molecule has 0 bridgehead atoms. The average molecular weight is 291 g/mol. The second-order valence-electron chi connectivity index (χ2n) is 4.22. The third kappa shape index (κ3) is 3.91. The quantitative estimate of drug-likeness (QED) is 0.866. The highest BCUT2D eigenvalue weighted by molar-refractivity contribution is 9.09. The number of carbonyl (C=O) groups is 1. The number of hydrogen-bond donors (Lipinski definition) is 1. The Hall–Kier alpha value is -0.420. The lowest BCUT2D eigenvalue weighted by Crippen LogP contribution is -2.34. The molecular weight excluding hydrogens is 276 g/mol. The highest BCUT2D eigenvalue weighted by Gasteiger charge is 2.18. The first-order chi connectivity index (χ1) is 6.94. The van der Waals surface area contributed by atoms with E-state index >= 15 is 0 Å². The number of hydrogen-bond acceptors (Lipinski definition) is 3. The summed E-state index contributed by atoms with van der Waals surface area (Å²) in [4.78, 5) is 16.4. The predicted molar refractivity (Wildman–Crippen MR) is 66.8 cm³/mol. The van der Waals surface area contributed by atoms with E-state index in [0.29, 0.717) is 11.4 Å². The zero-order chi connectivity index (χ0) is 11.5. The van der Waals surface area contributed by atoms with Crippen LogP contribution < -0.4 is 5.32 Å². The summed E-state index contributed by atoms with van der Waals surface area (Å²) in [7, 11) is 0. The molecule has 0 fully saturated rings. The monoisotopic (exact) mass is 290 g/mol. The van der Waals surface area contributed by atoms with Gasteiger partial charge in [0, 0.05) is 11.9 Å². The zero-order valence-electron chi connectivity index (χ0n) is 9.13. The van der Waals surface area contributed by atoms with Crippen molar-refractivity contribution in [3.63, 3.8) is 0 Å². The molecule has 1 amide bonds. The largest absolute Gasteiger partial charge is 0.351 e. The van der Waals surface area contributed by atoms with Crippen LogP contribution in [0.25, 0.3) is 0 Å². The molecule has 0 radical (unpaired) electrons. The second-order valence-corrected chi connectivity index (χ2v) is 6.02. The van der Waals surface area contributed by atoms with E-state index in [1.807, 2.05) is 6.92 Å². The van der Waals surface area contributed by atoms with Gasteiger partial charge in [-0.2, -0.15) is 0 Å². The van der Waals surface area contributed by atoms with E-state index in [1.54, 1.807) is 6.20 Å². The number of amides is 1. The van der Waals surface area contributed by atoms with Crippen LogP contribution in [-0.4, -0.2) is 22.8 Å². The maximum Gasteiger partial charge on any atom is 0.263 e. The van der Waals surface area contributed by atoms with Crippen LogP contribution in [0.2, 0.25) is 0 Å². The fourth-order valence-corrected chi connectivity index (χ4v) is 1.81. The molecule has 1 aromatic rings. The summed E-state index contributed by atoms with van der Waals surface area (Å²) < 4.78 is 0. The van der Waals surface area contributed by atoms with Crippen LogP contribution in [0, 0.1) is 12.3 Å². The van der Waals surface area contributed by atoms with Gasteiger partial charge in [-0.1, -0.05) is 29.8 Å². The Morgan fingerprint density at radius 1 is 1.67 bits per heavy atom. The molecule has 1 rings (SSSR count).